The van der Waals surface area contributed by atoms with Crippen LogP contribution in [-0.2, 0) is 23.0 Å². The van der Waals surface area contributed by atoms with Crippen LogP contribution in [0.5, 0.6) is 0 Å². The largest absolute Gasteiger partial charge is 0.385 e. The molecule has 0 unspecified atom stereocenters. The van der Waals surface area contributed by atoms with Gasteiger partial charge in [-0.2, -0.15) is 5.26 Å². The Hall–Kier alpha value is -2.93. The summed E-state index contributed by atoms with van der Waals surface area (Å²) in [5, 5.41) is 9.73. The van der Waals surface area contributed by atoms with Gasteiger partial charge in [0, 0.05) is 46.0 Å². The maximum Gasteiger partial charge on any atom is 0.270 e. The van der Waals surface area contributed by atoms with E-state index in [0.29, 0.717) is 40.3 Å². The molecule has 37 heavy (non-hydrogen) atoms. The number of aromatic nitrogens is 1. The molecule has 0 N–H and O–H groups in total. The number of anilines is 1. The van der Waals surface area contributed by atoms with Crippen molar-refractivity contribution in [1.82, 2.24) is 9.47 Å². The number of benzene rings is 1. The number of hydrogen-bond donors (Lipinski definition) is 0. The molecule has 1 aromatic carbocycles. The van der Waals surface area contributed by atoms with Gasteiger partial charge in [0.2, 0.25) is 0 Å². The Morgan fingerprint density at radius 3 is 2.57 bits per heavy atom. The summed E-state index contributed by atoms with van der Waals surface area (Å²) in [5.74, 6) is 1.18. The van der Waals surface area contributed by atoms with E-state index in [2.05, 4.69) is 35.2 Å². The van der Waals surface area contributed by atoms with E-state index in [0.717, 1.165) is 43.7 Å². The molecule has 1 aromatic heterocycles. The Morgan fingerprint density at radius 2 is 1.92 bits per heavy atom. The molecule has 0 aliphatic carbocycles. The van der Waals surface area contributed by atoms with E-state index in [4.69, 9.17) is 17.0 Å². The van der Waals surface area contributed by atoms with Gasteiger partial charge in [0.25, 0.3) is 11.5 Å². The summed E-state index contributed by atoms with van der Waals surface area (Å²) >= 11 is 6.74. The smallest absolute Gasteiger partial charge is 0.270 e. The number of nitriles is 1. The molecule has 4 rings (SSSR count). The fraction of sp³-hybridized carbons (Fsp3) is 0.429. The Labute approximate surface area is 227 Å². The maximum atomic E-state index is 13.2. The lowest BCUT2D eigenvalue weighted by atomic mass is 9.90. The zero-order valence-corrected chi connectivity index (χ0v) is 23.2. The molecule has 2 saturated heterocycles. The molecule has 2 aliphatic heterocycles. The predicted octanol–water partition coefficient (Wildman–Crippen LogP) is 4.26. The molecule has 0 spiro atoms. The lowest BCUT2D eigenvalue weighted by molar-refractivity contribution is -0.122. The van der Waals surface area contributed by atoms with Crippen molar-refractivity contribution in [2.45, 2.75) is 32.6 Å². The fourth-order valence-corrected chi connectivity index (χ4v) is 6.37. The van der Waals surface area contributed by atoms with Crippen molar-refractivity contribution in [2.24, 2.45) is 13.0 Å². The van der Waals surface area contributed by atoms with Crippen LogP contribution in [0, 0.1) is 24.2 Å². The maximum absolute atomic E-state index is 13.2. The molecule has 0 saturated carbocycles. The van der Waals surface area contributed by atoms with E-state index in [1.54, 1.807) is 30.5 Å². The number of carbonyl (C=O) groups is 1. The van der Waals surface area contributed by atoms with Crippen LogP contribution in [0.25, 0.3) is 6.08 Å². The number of rotatable bonds is 8. The van der Waals surface area contributed by atoms with Crippen LogP contribution in [0.2, 0.25) is 0 Å². The van der Waals surface area contributed by atoms with Crippen LogP contribution < -0.4 is 10.5 Å². The van der Waals surface area contributed by atoms with Gasteiger partial charge in [-0.1, -0.05) is 54.3 Å². The van der Waals surface area contributed by atoms with Gasteiger partial charge in [-0.25, -0.2) is 0 Å². The van der Waals surface area contributed by atoms with Crippen molar-refractivity contribution in [3.05, 3.63) is 67.8 Å². The van der Waals surface area contributed by atoms with Gasteiger partial charge in [0.1, 0.15) is 21.8 Å². The summed E-state index contributed by atoms with van der Waals surface area (Å²) in [7, 11) is 3.34. The molecule has 2 aliphatic rings. The quantitative estimate of drug-likeness (QED) is 0.283. The molecule has 2 aromatic rings. The van der Waals surface area contributed by atoms with Gasteiger partial charge in [0.05, 0.1) is 4.91 Å². The standard InChI is InChI=1S/C28H32N4O3S2/c1-19-22(17-24-27(34)32(28(36)37-24)12-7-15-35-3)25(30(2)26(33)23(19)18-29)31-13-10-21(11-14-31)16-20-8-5-4-6-9-20/h4-6,8-9,17,21H,7,10-16H2,1-3H3. The minimum Gasteiger partial charge on any atom is -0.385 e. The first-order valence-corrected chi connectivity index (χ1v) is 13.7. The van der Waals surface area contributed by atoms with Crippen LogP contribution in [0.4, 0.5) is 5.82 Å². The summed E-state index contributed by atoms with van der Waals surface area (Å²) in [5.41, 5.74) is 2.46. The molecule has 194 valence electrons. The number of carbonyl (C=O) groups excluding carboxylic acids is 1. The minimum absolute atomic E-state index is 0.104. The number of nitrogens with zero attached hydrogens (tertiary/aromatic N) is 4. The van der Waals surface area contributed by atoms with Crippen LogP contribution in [0.1, 0.15) is 41.5 Å². The number of methoxy groups -OCH3 is 1. The molecule has 0 radical (unpaired) electrons. The molecule has 0 bridgehead atoms. The summed E-state index contributed by atoms with van der Waals surface area (Å²) < 4.78 is 7.19. The second-order valence-electron chi connectivity index (χ2n) is 9.51. The van der Waals surface area contributed by atoms with Gasteiger partial charge in [-0.3, -0.25) is 19.1 Å². The number of piperidine rings is 1. The van der Waals surface area contributed by atoms with Gasteiger partial charge in [-0.05, 0) is 55.7 Å². The third kappa shape index (κ3) is 5.82. The van der Waals surface area contributed by atoms with Crippen LogP contribution in [-0.4, -0.2) is 53.0 Å². The summed E-state index contributed by atoms with van der Waals surface area (Å²) in [6.45, 7) is 4.43. The Bertz CT molecular complexity index is 1310. The molecule has 7 nitrogen and oxygen atoms in total. The third-order valence-electron chi connectivity index (χ3n) is 7.13. The van der Waals surface area contributed by atoms with E-state index < -0.39 is 0 Å². The lowest BCUT2D eigenvalue weighted by Crippen LogP contribution is -2.39. The summed E-state index contributed by atoms with van der Waals surface area (Å²) in [6, 6.07) is 12.6. The highest BCUT2D eigenvalue weighted by atomic mass is 32.2. The second kappa shape index (κ2) is 12.1. The normalized spacial score (nSPS) is 17.6. The van der Waals surface area contributed by atoms with Crippen LogP contribution in [0.3, 0.4) is 0 Å². The lowest BCUT2D eigenvalue weighted by Gasteiger charge is -2.36. The van der Waals surface area contributed by atoms with Crippen LogP contribution in [0.15, 0.2) is 40.0 Å². The Morgan fingerprint density at radius 1 is 1.22 bits per heavy atom. The minimum atomic E-state index is -0.314. The zero-order valence-electron chi connectivity index (χ0n) is 21.5. The molecule has 0 atom stereocenters. The van der Waals surface area contributed by atoms with E-state index in [9.17, 15) is 14.9 Å². The van der Waals surface area contributed by atoms with Gasteiger partial charge < -0.3 is 9.64 Å². The van der Waals surface area contributed by atoms with Gasteiger partial charge in [-0.15, -0.1) is 0 Å². The summed E-state index contributed by atoms with van der Waals surface area (Å²) in [6.07, 6.45) is 5.55. The first-order valence-electron chi connectivity index (χ1n) is 12.5. The number of pyridine rings is 1. The number of hydrogen-bond acceptors (Lipinski definition) is 7. The van der Waals surface area contributed by atoms with Crippen molar-refractivity contribution >= 4 is 46.1 Å². The van der Waals surface area contributed by atoms with Crippen molar-refractivity contribution < 1.29 is 9.53 Å². The molecule has 1 amide bonds. The number of amides is 1. The molecule has 2 fully saturated rings. The van der Waals surface area contributed by atoms with Crippen LogP contribution >= 0.6 is 24.0 Å². The van der Waals surface area contributed by atoms with E-state index >= 15 is 0 Å². The SMILES string of the molecule is COCCCN1C(=O)C(=Cc2c(C)c(C#N)c(=O)n(C)c2N2CCC(Cc3ccccc3)CC2)SC1=S. The second-order valence-corrected chi connectivity index (χ2v) is 11.2. The molecular formula is C28H32N4O3S2. The van der Waals surface area contributed by atoms with Crippen molar-refractivity contribution in [2.75, 3.05) is 38.3 Å². The fourth-order valence-electron chi connectivity index (χ4n) is 5.08. The van der Waals surface area contributed by atoms with Crippen molar-refractivity contribution in [1.29, 1.82) is 5.26 Å². The number of thioether (sulfide) groups is 1. The molecular weight excluding hydrogens is 504 g/mol. The van der Waals surface area contributed by atoms with Crippen molar-refractivity contribution in [3.8, 4) is 6.07 Å². The average molecular weight is 537 g/mol. The van der Waals surface area contributed by atoms with Crippen molar-refractivity contribution in [3.63, 3.8) is 0 Å². The topological polar surface area (TPSA) is 78.6 Å². The van der Waals surface area contributed by atoms with E-state index in [1.165, 1.54) is 17.3 Å². The highest BCUT2D eigenvalue weighted by Crippen LogP contribution is 2.36. The van der Waals surface area contributed by atoms with E-state index in [1.807, 2.05) is 12.1 Å². The predicted molar refractivity (Wildman–Crippen MR) is 153 cm³/mol. The van der Waals surface area contributed by atoms with E-state index in [-0.39, 0.29) is 17.0 Å². The van der Waals surface area contributed by atoms with Gasteiger partial charge >= 0.3 is 0 Å². The third-order valence-corrected chi connectivity index (χ3v) is 8.51. The Balaban J connectivity index is 1.64. The zero-order chi connectivity index (χ0) is 26.5. The molecule has 3 heterocycles. The Kier molecular flexibility index (Phi) is 8.85. The highest BCUT2D eigenvalue weighted by molar-refractivity contribution is 8.26. The monoisotopic (exact) mass is 536 g/mol. The first kappa shape index (κ1) is 27.1. The summed E-state index contributed by atoms with van der Waals surface area (Å²) in [4.78, 5) is 30.6. The number of thiocarbonyl (C=S) groups is 1. The highest BCUT2D eigenvalue weighted by Gasteiger charge is 2.33. The number of ether oxygens (including phenoxy) is 1. The molecule has 9 heteroatoms. The first-order chi connectivity index (χ1) is 17.8. The van der Waals surface area contributed by atoms with Gasteiger partial charge in [0.15, 0.2) is 0 Å². The average Bonchev–Trinajstić information content (AvgIpc) is 3.16.